The van der Waals surface area contributed by atoms with Gasteiger partial charge in [0.2, 0.25) is 5.91 Å². The summed E-state index contributed by atoms with van der Waals surface area (Å²) in [5.41, 5.74) is 2.02. The standard InChI is InChI=1S/C17H19NO2S/c1-13-4-3-5-16(12-13)20-10-11-21-17-8-6-15(7-9-17)18-14(2)19/h3-9,12H,10-11H2,1-2H3,(H,18,19). The molecule has 0 saturated carbocycles. The molecule has 110 valence electrons. The molecule has 1 N–H and O–H groups in total. The lowest BCUT2D eigenvalue weighted by molar-refractivity contribution is -0.114. The minimum absolute atomic E-state index is 0.0537. The van der Waals surface area contributed by atoms with E-state index >= 15 is 0 Å². The Kier molecular flexibility index (Phi) is 5.69. The molecule has 2 aromatic rings. The highest BCUT2D eigenvalue weighted by Gasteiger charge is 1.98. The lowest BCUT2D eigenvalue weighted by Crippen LogP contribution is -2.05. The van der Waals surface area contributed by atoms with E-state index in [9.17, 15) is 4.79 Å². The van der Waals surface area contributed by atoms with Crippen molar-refractivity contribution >= 4 is 23.4 Å². The molecular formula is C17H19NO2S. The first-order valence-electron chi connectivity index (χ1n) is 6.83. The number of amides is 1. The van der Waals surface area contributed by atoms with E-state index in [4.69, 9.17) is 4.74 Å². The van der Waals surface area contributed by atoms with Crippen LogP contribution < -0.4 is 10.1 Å². The maximum absolute atomic E-state index is 10.9. The van der Waals surface area contributed by atoms with E-state index in [1.807, 2.05) is 42.5 Å². The van der Waals surface area contributed by atoms with Crippen molar-refractivity contribution in [3.63, 3.8) is 0 Å². The van der Waals surface area contributed by atoms with Crippen molar-refractivity contribution in [1.29, 1.82) is 0 Å². The van der Waals surface area contributed by atoms with Gasteiger partial charge in [0.15, 0.2) is 0 Å². The lowest BCUT2D eigenvalue weighted by Gasteiger charge is -2.07. The Labute approximate surface area is 129 Å². The van der Waals surface area contributed by atoms with E-state index in [1.54, 1.807) is 11.8 Å². The van der Waals surface area contributed by atoms with E-state index in [2.05, 4.69) is 18.3 Å². The second kappa shape index (κ2) is 7.74. The van der Waals surface area contributed by atoms with Crippen LogP contribution in [0.5, 0.6) is 5.75 Å². The summed E-state index contributed by atoms with van der Waals surface area (Å²) in [6, 6.07) is 15.9. The van der Waals surface area contributed by atoms with E-state index < -0.39 is 0 Å². The third-order valence-electron chi connectivity index (χ3n) is 2.79. The van der Waals surface area contributed by atoms with Crippen LogP contribution in [0.15, 0.2) is 53.4 Å². The molecule has 3 nitrogen and oxygen atoms in total. The minimum Gasteiger partial charge on any atom is -0.493 e. The fourth-order valence-electron chi connectivity index (χ4n) is 1.86. The smallest absolute Gasteiger partial charge is 0.221 e. The van der Waals surface area contributed by atoms with E-state index in [0.717, 1.165) is 22.1 Å². The maximum Gasteiger partial charge on any atom is 0.221 e. The first-order valence-corrected chi connectivity index (χ1v) is 7.82. The normalized spacial score (nSPS) is 10.2. The SMILES string of the molecule is CC(=O)Nc1ccc(SCCOc2cccc(C)c2)cc1. The summed E-state index contributed by atoms with van der Waals surface area (Å²) in [6.45, 7) is 4.23. The van der Waals surface area contributed by atoms with Crippen molar-refractivity contribution in [1.82, 2.24) is 0 Å². The van der Waals surface area contributed by atoms with Gasteiger partial charge < -0.3 is 10.1 Å². The van der Waals surface area contributed by atoms with Crippen molar-refractivity contribution < 1.29 is 9.53 Å². The molecule has 0 fully saturated rings. The van der Waals surface area contributed by atoms with Gasteiger partial charge in [-0.2, -0.15) is 0 Å². The first kappa shape index (κ1) is 15.4. The van der Waals surface area contributed by atoms with Gasteiger partial charge in [-0.25, -0.2) is 0 Å². The number of nitrogens with one attached hydrogen (secondary N) is 1. The van der Waals surface area contributed by atoms with Gasteiger partial charge in [-0.05, 0) is 48.9 Å². The molecule has 0 aliphatic heterocycles. The number of rotatable bonds is 6. The topological polar surface area (TPSA) is 38.3 Å². The van der Waals surface area contributed by atoms with E-state index in [-0.39, 0.29) is 5.91 Å². The van der Waals surface area contributed by atoms with Gasteiger partial charge in [0.1, 0.15) is 5.75 Å². The van der Waals surface area contributed by atoms with Gasteiger partial charge in [-0.15, -0.1) is 11.8 Å². The molecule has 0 aliphatic rings. The third-order valence-corrected chi connectivity index (χ3v) is 3.76. The molecular weight excluding hydrogens is 282 g/mol. The average Bonchev–Trinajstić information content (AvgIpc) is 2.45. The van der Waals surface area contributed by atoms with Crippen LogP contribution in [0.25, 0.3) is 0 Å². The largest absolute Gasteiger partial charge is 0.493 e. The number of ether oxygens (including phenoxy) is 1. The summed E-state index contributed by atoms with van der Waals surface area (Å²) in [7, 11) is 0. The lowest BCUT2D eigenvalue weighted by atomic mass is 10.2. The van der Waals surface area contributed by atoms with Gasteiger partial charge in [-0.1, -0.05) is 12.1 Å². The van der Waals surface area contributed by atoms with Crippen molar-refractivity contribution in [3.8, 4) is 5.75 Å². The van der Waals surface area contributed by atoms with Crippen LogP contribution in [0.4, 0.5) is 5.69 Å². The summed E-state index contributed by atoms with van der Waals surface area (Å²) in [5.74, 6) is 1.74. The Morgan fingerprint density at radius 2 is 1.95 bits per heavy atom. The zero-order valence-corrected chi connectivity index (χ0v) is 13.1. The van der Waals surface area contributed by atoms with Crippen molar-refractivity contribution in [2.45, 2.75) is 18.7 Å². The minimum atomic E-state index is -0.0537. The molecule has 0 spiro atoms. The monoisotopic (exact) mass is 301 g/mol. The molecule has 0 unspecified atom stereocenters. The molecule has 21 heavy (non-hydrogen) atoms. The predicted octanol–water partition coefficient (Wildman–Crippen LogP) is 4.12. The Morgan fingerprint density at radius 1 is 1.19 bits per heavy atom. The molecule has 2 rings (SSSR count). The summed E-state index contributed by atoms with van der Waals surface area (Å²) < 4.78 is 5.71. The summed E-state index contributed by atoms with van der Waals surface area (Å²) in [6.07, 6.45) is 0. The summed E-state index contributed by atoms with van der Waals surface area (Å²) in [5, 5.41) is 2.75. The fourth-order valence-corrected chi connectivity index (χ4v) is 2.59. The van der Waals surface area contributed by atoms with Gasteiger partial charge in [0, 0.05) is 23.3 Å². The van der Waals surface area contributed by atoms with Crippen LogP contribution in [0.1, 0.15) is 12.5 Å². The average molecular weight is 301 g/mol. The van der Waals surface area contributed by atoms with Crippen molar-refractivity contribution in [2.75, 3.05) is 17.7 Å². The molecule has 1 amide bonds. The molecule has 0 atom stereocenters. The van der Waals surface area contributed by atoms with Crippen LogP contribution in [-0.4, -0.2) is 18.3 Å². The van der Waals surface area contributed by atoms with Crippen LogP contribution in [0, 0.1) is 6.92 Å². The number of benzene rings is 2. The van der Waals surface area contributed by atoms with Gasteiger partial charge in [-0.3, -0.25) is 4.79 Å². The Hall–Kier alpha value is -1.94. The number of hydrogen-bond donors (Lipinski definition) is 1. The number of thioether (sulfide) groups is 1. The van der Waals surface area contributed by atoms with E-state index in [0.29, 0.717) is 6.61 Å². The van der Waals surface area contributed by atoms with Crippen LogP contribution in [0.3, 0.4) is 0 Å². The number of aryl methyl sites for hydroxylation is 1. The van der Waals surface area contributed by atoms with E-state index in [1.165, 1.54) is 12.5 Å². The summed E-state index contributed by atoms with van der Waals surface area (Å²) in [4.78, 5) is 12.1. The summed E-state index contributed by atoms with van der Waals surface area (Å²) >= 11 is 1.73. The van der Waals surface area contributed by atoms with Crippen molar-refractivity contribution in [2.24, 2.45) is 0 Å². The number of anilines is 1. The second-order valence-electron chi connectivity index (χ2n) is 4.72. The first-order chi connectivity index (χ1) is 10.1. The molecule has 0 radical (unpaired) electrons. The molecule has 4 heteroatoms. The molecule has 0 heterocycles. The molecule has 0 aliphatic carbocycles. The molecule has 0 saturated heterocycles. The number of carbonyl (C=O) groups is 1. The second-order valence-corrected chi connectivity index (χ2v) is 5.89. The quantitative estimate of drug-likeness (QED) is 0.644. The predicted molar refractivity (Wildman–Crippen MR) is 88.1 cm³/mol. The highest BCUT2D eigenvalue weighted by molar-refractivity contribution is 7.99. The molecule has 0 aromatic heterocycles. The van der Waals surface area contributed by atoms with Crippen molar-refractivity contribution in [3.05, 3.63) is 54.1 Å². The highest BCUT2D eigenvalue weighted by Crippen LogP contribution is 2.20. The Bertz CT molecular complexity index is 596. The van der Waals surface area contributed by atoms with Gasteiger partial charge in [0.25, 0.3) is 0 Å². The van der Waals surface area contributed by atoms with Crippen LogP contribution >= 0.6 is 11.8 Å². The Morgan fingerprint density at radius 3 is 2.62 bits per heavy atom. The molecule has 0 bridgehead atoms. The molecule has 2 aromatic carbocycles. The fraction of sp³-hybridized carbons (Fsp3) is 0.235. The maximum atomic E-state index is 10.9. The Balaban J connectivity index is 1.74. The zero-order valence-electron chi connectivity index (χ0n) is 12.3. The van der Waals surface area contributed by atoms with Crippen LogP contribution in [-0.2, 0) is 4.79 Å². The zero-order chi connectivity index (χ0) is 15.1. The van der Waals surface area contributed by atoms with Gasteiger partial charge >= 0.3 is 0 Å². The highest BCUT2D eigenvalue weighted by atomic mass is 32.2. The van der Waals surface area contributed by atoms with Gasteiger partial charge in [0.05, 0.1) is 6.61 Å². The third kappa shape index (κ3) is 5.52. The van der Waals surface area contributed by atoms with Crippen LogP contribution in [0.2, 0.25) is 0 Å². The number of carbonyl (C=O) groups excluding carboxylic acids is 1. The number of hydrogen-bond acceptors (Lipinski definition) is 3.